The van der Waals surface area contributed by atoms with Crippen molar-refractivity contribution in [1.29, 1.82) is 0 Å². The van der Waals surface area contributed by atoms with Gasteiger partial charge in [-0.05, 0) is 18.6 Å². The summed E-state index contributed by atoms with van der Waals surface area (Å²) in [7, 11) is 0. The molecule has 0 aromatic heterocycles. The zero-order chi connectivity index (χ0) is 35.3. The number of hydrogen-bond donors (Lipinski definition) is 6. The number of aliphatic carboxylic acids is 3. The Morgan fingerprint density at radius 2 is 1.15 bits per heavy atom. The number of carboxylic acid groups (broad SMARTS) is 4. The van der Waals surface area contributed by atoms with Crippen LogP contribution in [0.5, 0.6) is 5.75 Å². The van der Waals surface area contributed by atoms with Crippen molar-refractivity contribution in [2.75, 3.05) is 117 Å². The standard InChI is InChI=1S/C31H50N6O11/c1-2-3-14-48-26-18-24(31(45)46)17-25(19-26)32-4-15-47-16-5-33-27(38)20-34-6-8-35(21-28(39)40)10-12-37(23-30(43)44)13-11-36(9-7-34)22-29(41)42/h17-19,32H,2-16,20-23H2,1H3,(H,33,38)(H,39,40)(H,41,42)(H,43,44)(H,45,46). The van der Waals surface area contributed by atoms with E-state index in [4.69, 9.17) is 9.47 Å². The first kappa shape index (κ1) is 40.1. The van der Waals surface area contributed by atoms with E-state index in [9.17, 15) is 44.4 Å². The lowest BCUT2D eigenvalue weighted by Gasteiger charge is -2.32. The number of unbranched alkanes of at least 4 members (excludes halogenated alkanes) is 1. The van der Waals surface area contributed by atoms with Crippen LogP contribution in [-0.4, -0.2) is 181 Å². The van der Waals surface area contributed by atoms with Crippen molar-refractivity contribution in [3.05, 3.63) is 23.8 Å². The van der Waals surface area contributed by atoms with Crippen molar-refractivity contribution >= 4 is 35.5 Å². The summed E-state index contributed by atoms with van der Waals surface area (Å²) in [6, 6.07) is 4.73. The van der Waals surface area contributed by atoms with E-state index in [2.05, 4.69) is 10.6 Å². The normalized spacial score (nSPS) is 15.9. The number of rotatable bonds is 20. The molecule has 0 saturated carbocycles. The fraction of sp³-hybridized carbons (Fsp3) is 0.645. The Kier molecular flexibility index (Phi) is 18.8. The van der Waals surface area contributed by atoms with Crippen LogP contribution in [0.25, 0.3) is 0 Å². The van der Waals surface area contributed by atoms with Crippen LogP contribution in [0.3, 0.4) is 0 Å². The molecule has 0 aliphatic carbocycles. The van der Waals surface area contributed by atoms with Gasteiger partial charge >= 0.3 is 23.9 Å². The zero-order valence-electron chi connectivity index (χ0n) is 27.6. The van der Waals surface area contributed by atoms with Gasteiger partial charge in [-0.15, -0.1) is 0 Å². The molecule has 48 heavy (non-hydrogen) atoms. The minimum absolute atomic E-state index is 0.0110. The lowest BCUT2D eigenvalue weighted by Crippen LogP contribution is -2.50. The molecule has 1 aromatic carbocycles. The number of aromatic carboxylic acids is 1. The van der Waals surface area contributed by atoms with Crippen molar-refractivity contribution < 1.29 is 53.9 Å². The first-order chi connectivity index (χ1) is 22.9. The summed E-state index contributed by atoms with van der Waals surface area (Å²) >= 11 is 0. The summed E-state index contributed by atoms with van der Waals surface area (Å²) in [6.45, 7) is 5.49. The number of benzene rings is 1. The van der Waals surface area contributed by atoms with Crippen LogP contribution >= 0.6 is 0 Å². The van der Waals surface area contributed by atoms with Crippen molar-refractivity contribution in [3.63, 3.8) is 0 Å². The number of hydrogen-bond acceptors (Lipinski definition) is 12. The molecule has 0 atom stereocenters. The maximum Gasteiger partial charge on any atom is 0.335 e. The van der Waals surface area contributed by atoms with Crippen LogP contribution in [0.15, 0.2) is 18.2 Å². The molecule has 0 bridgehead atoms. The first-order valence-electron chi connectivity index (χ1n) is 16.1. The number of nitrogens with one attached hydrogen (secondary N) is 2. The number of carbonyl (C=O) groups excluding carboxylic acids is 1. The number of amides is 1. The van der Waals surface area contributed by atoms with E-state index in [1.165, 1.54) is 12.1 Å². The van der Waals surface area contributed by atoms with Gasteiger partial charge in [0.15, 0.2) is 0 Å². The van der Waals surface area contributed by atoms with E-state index in [1.807, 2.05) is 11.8 Å². The number of ether oxygens (including phenoxy) is 2. The average Bonchev–Trinajstić information content (AvgIpc) is 3.01. The van der Waals surface area contributed by atoms with Crippen LogP contribution in [0, 0.1) is 0 Å². The molecule has 17 heteroatoms. The van der Waals surface area contributed by atoms with Gasteiger partial charge < -0.3 is 40.5 Å². The number of carboxylic acids is 4. The van der Waals surface area contributed by atoms with Gasteiger partial charge in [0.25, 0.3) is 0 Å². The number of carbonyl (C=O) groups is 5. The molecule has 1 aromatic rings. The highest BCUT2D eigenvalue weighted by molar-refractivity contribution is 5.89. The second kappa shape index (κ2) is 22.5. The van der Waals surface area contributed by atoms with E-state index in [-0.39, 0.29) is 50.8 Å². The molecule has 0 radical (unpaired) electrons. The van der Waals surface area contributed by atoms with Gasteiger partial charge in [-0.2, -0.15) is 0 Å². The third-order valence-corrected chi connectivity index (χ3v) is 7.44. The van der Waals surface area contributed by atoms with Gasteiger partial charge in [0.05, 0.1) is 51.6 Å². The molecule has 0 spiro atoms. The highest BCUT2D eigenvalue weighted by atomic mass is 16.5. The maximum absolute atomic E-state index is 12.8. The quantitative estimate of drug-likeness (QED) is 0.0962. The van der Waals surface area contributed by atoms with Gasteiger partial charge in [-0.1, -0.05) is 13.3 Å². The summed E-state index contributed by atoms with van der Waals surface area (Å²) in [5.41, 5.74) is 0.699. The Bertz CT molecular complexity index is 1160. The molecule has 1 aliphatic rings. The lowest BCUT2D eigenvalue weighted by atomic mass is 10.2. The lowest BCUT2D eigenvalue weighted by molar-refractivity contribution is -0.140. The second-order valence-corrected chi connectivity index (χ2v) is 11.4. The molecule has 2 rings (SSSR count). The molecule has 270 valence electrons. The summed E-state index contributed by atoms with van der Waals surface area (Å²) in [4.78, 5) is 65.4. The predicted octanol–water partition coefficient (Wildman–Crippen LogP) is -0.416. The van der Waals surface area contributed by atoms with Gasteiger partial charge in [0, 0.05) is 77.2 Å². The van der Waals surface area contributed by atoms with Crippen LogP contribution in [0.1, 0.15) is 30.1 Å². The summed E-state index contributed by atoms with van der Waals surface area (Å²) < 4.78 is 11.3. The van der Waals surface area contributed by atoms with Crippen LogP contribution in [-0.2, 0) is 23.9 Å². The molecule has 1 aliphatic heterocycles. The number of nitrogens with zero attached hydrogens (tertiary/aromatic N) is 4. The molecule has 1 saturated heterocycles. The highest BCUT2D eigenvalue weighted by Crippen LogP contribution is 2.21. The van der Waals surface area contributed by atoms with Crippen LogP contribution in [0.4, 0.5) is 5.69 Å². The monoisotopic (exact) mass is 682 g/mol. The molecular formula is C31H50N6O11. The minimum atomic E-state index is -1.06. The van der Waals surface area contributed by atoms with Crippen molar-refractivity contribution in [3.8, 4) is 5.75 Å². The van der Waals surface area contributed by atoms with Crippen LogP contribution in [0.2, 0.25) is 0 Å². The SMILES string of the molecule is CCCCOc1cc(NCCOCCNC(=O)CN2CCN(CC(=O)O)CCN(CC(=O)O)CCN(CC(=O)O)CC2)cc(C(=O)O)c1. The van der Waals surface area contributed by atoms with Crippen molar-refractivity contribution in [2.45, 2.75) is 19.8 Å². The molecular weight excluding hydrogens is 632 g/mol. The van der Waals surface area contributed by atoms with E-state index in [1.54, 1.807) is 20.8 Å². The van der Waals surface area contributed by atoms with Gasteiger partial charge in [0.2, 0.25) is 5.91 Å². The molecule has 1 fully saturated rings. The van der Waals surface area contributed by atoms with Gasteiger partial charge in [-0.3, -0.25) is 38.8 Å². The Morgan fingerprint density at radius 3 is 1.60 bits per heavy atom. The Morgan fingerprint density at radius 1 is 0.667 bits per heavy atom. The molecule has 6 N–H and O–H groups in total. The second-order valence-electron chi connectivity index (χ2n) is 11.4. The predicted molar refractivity (Wildman–Crippen MR) is 175 cm³/mol. The summed E-state index contributed by atoms with van der Waals surface area (Å²) in [6.07, 6.45) is 1.81. The minimum Gasteiger partial charge on any atom is -0.493 e. The molecule has 0 unspecified atom stereocenters. The smallest absolute Gasteiger partial charge is 0.335 e. The molecule has 1 heterocycles. The average molecular weight is 683 g/mol. The maximum atomic E-state index is 12.8. The highest BCUT2D eigenvalue weighted by Gasteiger charge is 2.21. The fourth-order valence-electron chi connectivity index (χ4n) is 4.92. The van der Waals surface area contributed by atoms with E-state index < -0.39 is 23.9 Å². The Labute approximate surface area is 280 Å². The summed E-state index contributed by atoms with van der Waals surface area (Å²) in [5, 5.41) is 43.4. The van der Waals surface area contributed by atoms with Gasteiger partial charge in [0.1, 0.15) is 5.75 Å². The van der Waals surface area contributed by atoms with Crippen molar-refractivity contribution in [2.24, 2.45) is 0 Å². The Balaban J connectivity index is 1.85. The number of anilines is 1. The van der Waals surface area contributed by atoms with E-state index in [0.29, 0.717) is 83.6 Å². The topological polar surface area (TPSA) is 222 Å². The molecule has 17 nitrogen and oxygen atoms in total. The van der Waals surface area contributed by atoms with E-state index in [0.717, 1.165) is 12.8 Å². The van der Waals surface area contributed by atoms with Crippen molar-refractivity contribution in [1.82, 2.24) is 24.9 Å². The zero-order valence-corrected chi connectivity index (χ0v) is 27.6. The third kappa shape index (κ3) is 17.8. The van der Waals surface area contributed by atoms with E-state index >= 15 is 0 Å². The van der Waals surface area contributed by atoms with Gasteiger partial charge in [-0.25, -0.2) is 4.79 Å². The third-order valence-electron chi connectivity index (χ3n) is 7.44. The Hall–Kier alpha value is -4.03. The molecule has 1 amide bonds. The largest absolute Gasteiger partial charge is 0.493 e. The fourth-order valence-corrected chi connectivity index (χ4v) is 4.92. The van der Waals surface area contributed by atoms with Crippen LogP contribution < -0.4 is 15.4 Å². The summed E-state index contributed by atoms with van der Waals surface area (Å²) in [5.74, 6) is -3.92. The first-order valence-corrected chi connectivity index (χ1v) is 16.1.